The minimum Gasteiger partial charge on any atom is -0.338 e. The molecule has 1 aromatic heterocycles. The Labute approximate surface area is 150 Å². The van der Waals surface area contributed by atoms with Crippen LogP contribution in [0.5, 0.6) is 0 Å². The van der Waals surface area contributed by atoms with Gasteiger partial charge in [-0.15, -0.1) is 0 Å². The number of hydrogen-bond acceptors (Lipinski definition) is 5. The predicted molar refractivity (Wildman–Crippen MR) is 96.4 cm³/mol. The minimum absolute atomic E-state index is 0.0850. The first-order valence-electron chi connectivity index (χ1n) is 7.33. The number of nitrogens with one attached hydrogen (secondary N) is 1. The van der Waals surface area contributed by atoms with E-state index in [1.54, 1.807) is 24.0 Å². The lowest BCUT2D eigenvalue weighted by Gasteiger charge is -2.16. The van der Waals surface area contributed by atoms with Gasteiger partial charge in [-0.3, -0.25) is 9.52 Å². The van der Waals surface area contributed by atoms with E-state index in [0.29, 0.717) is 28.6 Å². The summed E-state index contributed by atoms with van der Waals surface area (Å²) in [6.07, 6.45) is 1.38. The number of anilines is 1. The lowest BCUT2D eigenvalue weighted by Crippen LogP contribution is -2.29. The summed E-state index contributed by atoms with van der Waals surface area (Å²) in [5, 5.41) is 0.513. The Hall–Kier alpha value is -1.64. The zero-order valence-electron chi connectivity index (χ0n) is 13.5. The van der Waals surface area contributed by atoms with E-state index in [1.165, 1.54) is 12.3 Å². The fraction of sp³-hybridized carbons (Fsp3) is 0.333. The molecule has 0 aliphatic rings. The van der Waals surface area contributed by atoms with Crippen LogP contribution in [0.2, 0.25) is 5.02 Å². The van der Waals surface area contributed by atoms with Crippen LogP contribution in [0.3, 0.4) is 0 Å². The van der Waals surface area contributed by atoms with Crippen LogP contribution in [0, 0.1) is 6.92 Å². The molecule has 0 saturated carbocycles. The summed E-state index contributed by atoms with van der Waals surface area (Å²) in [5.41, 5.74) is 0.461. The quantitative estimate of drug-likeness (QED) is 0.823. The highest BCUT2D eigenvalue weighted by Gasteiger charge is 2.21. The zero-order chi connectivity index (χ0) is 17.9. The van der Waals surface area contributed by atoms with E-state index >= 15 is 0 Å². The second-order valence-electron chi connectivity index (χ2n) is 4.98. The van der Waals surface area contributed by atoms with E-state index in [-0.39, 0.29) is 15.9 Å². The lowest BCUT2D eigenvalue weighted by molar-refractivity contribution is 0.0777. The number of nitrogens with zero attached hydrogens (tertiary/aromatic N) is 2. The maximum Gasteiger partial charge on any atom is 0.265 e. The summed E-state index contributed by atoms with van der Waals surface area (Å²) < 4.78 is 27.4. The Kier molecular flexibility index (Phi) is 5.84. The zero-order valence-corrected chi connectivity index (χ0v) is 15.9. The van der Waals surface area contributed by atoms with Crippen molar-refractivity contribution in [3.05, 3.63) is 39.9 Å². The molecule has 0 saturated heterocycles. The summed E-state index contributed by atoms with van der Waals surface area (Å²) in [7, 11) is -3.82. The number of amides is 1. The molecule has 9 heteroatoms. The highest BCUT2D eigenvalue weighted by molar-refractivity contribution is 7.93. The van der Waals surface area contributed by atoms with E-state index in [1.807, 2.05) is 13.8 Å². The van der Waals surface area contributed by atoms with Crippen molar-refractivity contribution in [2.75, 3.05) is 17.8 Å². The standard InChI is InChI=1S/C15H18ClN3O3S2/c1-4-19(5-2)14(20)12-9-17-15(23-12)18-24(21,22)13-8-6-7-11(16)10(13)3/h6-9H,4-5H2,1-3H3,(H,17,18). The van der Waals surface area contributed by atoms with Crippen LogP contribution in [0.4, 0.5) is 5.13 Å². The molecule has 1 N–H and O–H groups in total. The Bertz CT molecular complexity index is 845. The minimum atomic E-state index is -3.82. The molecule has 0 atom stereocenters. The summed E-state index contributed by atoms with van der Waals surface area (Å²) in [6.45, 7) is 6.56. The molecule has 0 fully saturated rings. The molecular weight excluding hydrogens is 370 g/mol. The SMILES string of the molecule is CCN(CC)C(=O)c1cnc(NS(=O)(=O)c2cccc(Cl)c2C)s1. The van der Waals surface area contributed by atoms with Crippen molar-refractivity contribution in [2.24, 2.45) is 0 Å². The maximum absolute atomic E-state index is 12.5. The van der Waals surface area contributed by atoms with E-state index in [2.05, 4.69) is 9.71 Å². The van der Waals surface area contributed by atoms with Gasteiger partial charge >= 0.3 is 0 Å². The number of halogens is 1. The number of aromatic nitrogens is 1. The van der Waals surface area contributed by atoms with Crippen LogP contribution in [0.15, 0.2) is 29.3 Å². The molecule has 24 heavy (non-hydrogen) atoms. The Morgan fingerprint density at radius 2 is 2.00 bits per heavy atom. The lowest BCUT2D eigenvalue weighted by atomic mass is 10.2. The summed E-state index contributed by atoms with van der Waals surface area (Å²) in [5.74, 6) is -0.165. The van der Waals surface area contributed by atoms with Crippen molar-refractivity contribution in [3.8, 4) is 0 Å². The molecule has 0 radical (unpaired) electrons. The summed E-state index contributed by atoms with van der Waals surface area (Å²) in [4.78, 5) is 18.4. The van der Waals surface area contributed by atoms with Crippen molar-refractivity contribution >= 4 is 44.0 Å². The molecule has 0 unspecified atom stereocenters. The molecule has 6 nitrogen and oxygen atoms in total. The van der Waals surface area contributed by atoms with E-state index < -0.39 is 10.0 Å². The number of thiazole rings is 1. The third-order valence-electron chi connectivity index (χ3n) is 3.50. The van der Waals surface area contributed by atoms with Crippen LogP contribution >= 0.6 is 22.9 Å². The molecule has 1 heterocycles. The number of hydrogen-bond donors (Lipinski definition) is 1. The summed E-state index contributed by atoms with van der Waals surface area (Å²) in [6, 6.07) is 4.67. The van der Waals surface area contributed by atoms with Crippen LogP contribution in [0.25, 0.3) is 0 Å². The average molecular weight is 388 g/mol. The molecule has 0 aliphatic carbocycles. The maximum atomic E-state index is 12.5. The molecule has 130 valence electrons. The molecule has 0 aliphatic heterocycles. The second kappa shape index (κ2) is 7.50. The Balaban J connectivity index is 2.26. The number of sulfonamides is 1. The first kappa shape index (κ1) is 18.7. The second-order valence-corrected chi connectivity index (χ2v) is 8.06. The van der Waals surface area contributed by atoms with Crippen molar-refractivity contribution < 1.29 is 13.2 Å². The highest BCUT2D eigenvalue weighted by atomic mass is 35.5. The van der Waals surface area contributed by atoms with Gasteiger partial charge in [0.2, 0.25) is 0 Å². The van der Waals surface area contributed by atoms with E-state index in [4.69, 9.17) is 11.6 Å². The number of carbonyl (C=O) groups is 1. The van der Waals surface area contributed by atoms with Crippen LogP contribution < -0.4 is 4.72 Å². The van der Waals surface area contributed by atoms with Gasteiger partial charge in [0, 0.05) is 18.1 Å². The third kappa shape index (κ3) is 3.88. The van der Waals surface area contributed by atoms with Gasteiger partial charge < -0.3 is 4.90 Å². The van der Waals surface area contributed by atoms with E-state index in [9.17, 15) is 13.2 Å². The van der Waals surface area contributed by atoms with Crippen molar-refractivity contribution in [1.29, 1.82) is 0 Å². The molecule has 2 aromatic rings. The van der Waals surface area contributed by atoms with Gasteiger partial charge in [0.25, 0.3) is 15.9 Å². The average Bonchev–Trinajstić information content (AvgIpc) is 2.98. The topological polar surface area (TPSA) is 79.4 Å². The van der Waals surface area contributed by atoms with Crippen molar-refractivity contribution in [1.82, 2.24) is 9.88 Å². The number of benzene rings is 1. The largest absolute Gasteiger partial charge is 0.338 e. The fourth-order valence-electron chi connectivity index (χ4n) is 2.14. The highest BCUT2D eigenvalue weighted by Crippen LogP contribution is 2.27. The first-order chi connectivity index (χ1) is 11.3. The Morgan fingerprint density at radius 3 is 2.62 bits per heavy atom. The van der Waals surface area contributed by atoms with Gasteiger partial charge in [0.1, 0.15) is 4.88 Å². The normalized spacial score (nSPS) is 11.3. The van der Waals surface area contributed by atoms with Crippen molar-refractivity contribution in [2.45, 2.75) is 25.7 Å². The Morgan fingerprint density at radius 1 is 1.33 bits per heavy atom. The van der Waals surface area contributed by atoms with E-state index in [0.717, 1.165) is 11.3 Å². The number of rotatable bonds is 6. The molecule has 1 amide bonds. The van der Waals surface area contributed by atoms with Gasteiger partial charge in [-0.25, -0.2) is 13.4 Å². The van der Waals surface area contributed by atoms with Gasteiger partial charge in [0.05, 0.1) is 11.1 Å². The van der Waals surface area contributed by atoms with Crippen LogP contribution in [-0.2, 0) is 10.0 Å². The predicted octanol–water partition coefficient (Wildman–Crippen LogP) is 3.39. The smallest absolute Gasteiger partial charge is 0.265 e. The van der Waals surface area contributed by atoms with Crippen LogP contribution in [-0.4, -0.2) is 37.3 Å². The van der Waals surface area contributed by atoms with Gasteiger partial charge in [-0.1, -0.05) is 29.0 Å². The third-order valence-corrected chi connectivity index (χ3v) is 6.42. The van der Waals surface area contributed by atoms with Gasteiger partial charge in [-0.05, 0) is 38.5 Å². The monoisotopic (exact) mass is 387 g/mol. The van der Waals surface area contributed by atoms with Crippen LogP contribution in [0.1, 0.15) is 29.1 Å². The van der Waals surface area contributed by atoms with Gasteiger partial charge in [0.15, 0.2) is 5.13 Å². The molecular formula is C15H18ClN3O3S2. The molecule has 0 spiro atoms. The molecule has 2 rings (SSSR count). The number of carbonyl (C=O) groups excluding carboxylic acids is 1. The molecule has 0 bridgehead atoms. The first-order valence-corrected chi connectivity index (χ1v) is 10.0. The van der Waals surface area contributed by atoms with Gasteiger partial charge in [-0.2, -0.15) is 0 Å². The summed E-state index contributed by atoms with van der Waals surface area (Å²) >= 11 is 6.99. The molecule has 1 aromatic carbocycles. The fourth-order valence-corrected chi connectivity index (χ4v) is 4.66. The van der Waals surface area contributed by atoms with Crippen molar-refractivity contribution in [3.63, 3.8) is 0 Å².